The van der Waals surface area contributed by atoms with Gasteiger partial charge in [-0.05, 0) is 162 Å². The third-order valence-corrected chi connectivity index (χ3v) is 13.8. The zero-order valence-corrected chi connectivity index (χ0v) is 37.7. The van der Waals surface area contributed by atoms with Gasteiger partial charge in [0.1, 0.15) is 0 Å². The van der Waals surface area contributed by atoms with Crippen molar-refractivity contribution >= 4 is 17.8 Å². The quantitative estimate of drug-likeness (QED) is 0.222. The Labute approximate surface area is 332 Å². The summed E-state index contributed by atoms with van der Waals surface area (Å²) in [6.45, 7) is 33.5. The number of nitrogens with zero attached hydrogens (tertiary/aromatic N) is 10. The van der Waals surface area contributed by atoms with Gasteiger partial charge >= 0.3 is 0 Å². The van der Waals surface area contributed by atoms with Crippen LogP contribution in [0.1, 0.15) is 162 Å². The lowest BCUT2D eigenvalue weighted by Crippen LogP contribution is -2.68. The summed E-state index contributed by atoms with van der Waals surface area (Å²) in [7, 11) is 4.14. The molecule has 0 aromatic carbocycles. The van der Waals surface area contributed by atoms with Crippen molar-refractivity contribution in [3.63, 3.8) is 0 Å². The summed E-state index contributed by atoms with van der Waals surface area (Å²) in [4.78, 5) is 22.9. The predicted molar refractivity (Wildman–Crippen MR) is 218 cm³/mol. The Morgan fingerprint density at radius 1 is 0.364 bits per heavy atom. The summed E-state index contributed by atoms with van der Waals surface area (Å²) in [6, 6.07) is 0.0216. The third-order valence-electron chi connectivity index (χ3n) is 13.8. The highest BCUT2D eigenvalue weighted by molar-refractivity contribution is 5.49. The summed E-state index contributed by atoms with van der Waals surface area (Å²) in [5.41, 5.74) is -3.97. The van der Waals surface area contributed by atoms with Crippen molar-refractivity contribution in [1.29, 1.82) is 0 Å². The first-order valence-corrected chi connectivity index (χ1v) is 20.6. The molecule has 1 aromatic heterocycles. The second kappa shape index (κ2) is 13.8. The molecule has 0 spiro atoms. The maximum atomic E-state index is 11.5. The monoisotopic (exact) mass is 775 g/mol. The van der Waals surface area contributed by atoms with E-state index in [1.54, 1.807) is 0 Å². The molecule has 0 bridgehead atoms. The van der Waals surface area contributed by atoms with E-state index in [9.17, 15) is 20.8 Å². The van der Waals surface area contributed by atoms with E-state index < -0.39 is 44.3 Å². The van der Waals surface area contributed by atoms with Crippen molar-refractivity contribution in [3.8, 4) is 0 Å². The average Bonchev–Trinajstić information content (AvgIpc) is 3.02. The summed E-state index contributed by atoms with van der Waals surface area (Å²) in [6.07, 6.45) is 5.59. The Morgan fingerprint density at radius 3 is 0.764 bits per heavy atom. The van der Waals surface area contributed by atoms with E-state index in [1.165, 1.54) is 20.3 Å². The Bertz CT molecular complexity index is 1380. The van der Waals surface area contributed by atoms with Crippen LogP contribution in [0.3, 0.4) is 0 Å². The van der Waals surface area contributed by atoms with E-state index in [1.807, 2.05) is 0 Å². The Balaban J connectivity index is 1.71. The van der Waals surface area contributed by atoms with Crippen LogP contribution in [0.25, 0.3) is 0 Å². The topological polar surface area (TPSA) is 142 Å². The fraction of sp³-hybridized carbons (Fsp3) is 0.927. The maximum absolute atomic E-state index is 11.5. The lowest BCUT2D eigenvalue weighted by atomic mass is 9.75. The highest BCUT2D eigenvalue weighted by atomic mass is 16.5. The standard InChI is InChI=1S/C41H78N10O4/c1-34(2)19-27(20-35(3,4)48(34)52)45(17)31-42-32(46(18)28-21-36(5,6)49(53)37(7,8)22-28)44-33(43-31)47(29-23-38(9,10)50(54)39(11,12)24-29)30-25-40(13,14)51(55)41(15,16)26-30/h27-30,52-55H,19-26H2,1-18H3. The highest BCUT2D eigenvalue weighted by Crippen LogP contribution is 2.47. The predicted octanol–water partition coefficient (Wildman–Crippen LogP) is 7.19. The molecule has 0 unspecified atom stereocenters. The van der Waals surface area contributed by atoms with Gasteiger partial charge in [0.2, 0.25) is 17.8 Å². The third kappa shape index (κ3) is 8.22. The van der Waals surface area contributed by atoms with Gasteiger partial charge in [-0.3, -0.25) is 0 Å². The Hall–Kier alpha value is -1.91. The van der Waals surface area contributed by atoms with Crippen LogP contribution < -0.4 is 14.7 Å². The Kier molecular flexibility index (Phi) is 11.1. The molecule has 4 saturated heterocycles. The van der Waals surface area contributed by atoms with Crippen LogP contribution in [0, 0.1) is 0 Å². The largest absolute Gasteiger partial charge is 0.341 e. The maximum Gasteiger partial charge on any atom is 0.232 e. The minimum absolute atomic E-state index is 0.0278. The van der Waals surface area contributed by atoms with E-state index in [-0.39, 0.29) is 24.2 Å². The molecule has 14 heteroatoms. The molecule has 5 heterocycles. The van der Waals surface area contributed by atoms with Crippen LogP contribution in [-0.4, -0.2) is 139 Å². The number of hydroxylamine groups is 8. The van der Waals surface area contributed by atoms with E-state index in [2.05, 4.69) is 140 Å². The van der Waals surface area contributed by atoms with Gasteiger partial charge in [-0.25, -0.2) is 0 Å². The van der Waals surface area contributed by atoms with E-state index in [4.69, 9.17) is 15.0 Å². The lowest BCUT2D eigenvalue weighted by Gasteiger charge is -2.58. The van der Waals surface area contributed by atoms with Gasteiger partial charge in [-0.2, -0.15) is 35.2 Å². The van der Waals surface area contributed by atoms with Crippen LogP contribution in [-0.2, 0) is 0 Å². The molecule has 4 N–H and O–H groups in total. The molecule has 316 valence electrons. The van der Waals surface area contributed by atoms with Crippen molar-refractivity contribution in [2.45, 2.75) is 231 Å². The molecule has 4 aliphatic rings. The molecule has 1 aromatic rings. The zero-order chi connectivity index (χ0) is 41.9. The average molecular weight is 775 g/mol. The highest BCUT2D eigenvalue weighted by Gasteiger charge is 2.53. The number of anilines is 3. The second-order valence-corrected chi connectivity index (χ2v) is 22.9. The fourth-order valence-electron chi connectivity index (χ4n) is 11.5. The molecule has 0 saturated carbocycles. The molecule has 14 nitrogen and oxygen atoms in total. The number of piperidine rings is 4. The van der Waals surface area contributed by atoms with Crippen molar-refractivity contribution in [1.82, 2.24) is 35.2 Å². The van der Waals surface area contributed by atoms with Crippen LogP contribution in [0.15, 0.2) is 0 Å². The molecule has 4 fully saturated rings. The molecule has 0 aliphatic carbocycles. The van der Waals surface area contributed by atoms with Gasteiger partial charge in [0.15, 0.2) is 0 Å². The van der Waals surface area contributed by atoms with Gasteiger partial charge in [0.25, 0.3) is 0 Å². The van der Waals surface area contributed by atoms with E-state index in [0.717, 1.165) is 0 Å². The summed E-state index contributed by atoms with van der Waals surface area (Å²) in [5, 5.41) is 51.4. The number of aromatic nitrogens is 3. The second-order valence-electron chi connectivity index (χ2n) is 22.9. The summed E-state index contributed by atoms with van der Waals surface area (Å²) < 4.78 is 0. The van der Waals surface area contributed by atoms with E-state index in [0.29, 0.717) is 69.2 Å². The van der Waals surface area contributed by atoms with Crippen molar-refractivity contribution in [2.24, 2.45) is 0 Å². The fourth-order valence-corrected chi connectivity index (χ4v) is 11.5. The van der Waals surface area contributed by atoms with Crippen molar-refractivity contribution in [2.75, 3.05) is 28.8 Å². The summed E-state index contributed by atoms with van der Waals surface area (Å²) in [5.74, 6) is 1.75. The van der Waals surface area contributed by atoms with Gasteiger partial charge < -0.3 is 35.5 Å². The molecular weight excluding hydrogens is 697 g/mol. The van der Waals surface area contributed by atoms with Crippen LogP contribution in [0.2, 0.25) is 0 Å². The van der Waals surface area contributed by atoms with Gasteiger partial charge in [-0.15, -0.1) is 0 Å². The first-order chi connectivity index (χ1) is 24.7. The lowest BCUT2D eigenvalue weighted by molar-refractivity contribution is -0.251. The number of hydrogen-bond acceptors (Lipinski definition) is 14. The van der Waals surface area contributed by atoms with Crippen LogP contribution in [0.4, 0.5) is 17.8 Å². The minimum Gasteiger partial charge on any atom is -0.341 e. The number of hydrogen-bond donors (Lipinski definition) is 4. The molecule has 0 radical (unpaired) electrons. The molecule has 5 rings (SSSR count). The zero-order valence-electron chi connectivity index (χ0n) is 37.7. The first-order valence-electron chi connectivity index (χ1n) is 20.6. The normalized spacial score (nSPS) is 28.9. The van der Waals surface area contributed by atoms with Crippen molar-refractivity contribution in [3.05, 3.63) is 0 Å². The van der Waals surface area contributed by atoms with Gasteiger partial charge in [0.05, 0.1) is 0 Å². The molecule has 55 heavy (non-hydrogen) atoms. The molecule has 0 atom stereocenters. The smallest absolute Gasteiger partial charge is 0.232 e. The number of rotatable bonds is 7. The van der Waals surface area contributed by atoms with Crippen LogP contribution >= 0.6 is 0 Å². The van der Waals surface area contributed by atoms with Crippen molar-refractivity contribution < 1.29 is 20.8 Å². The molecule has 4 aliphatic heterocycles. The van der Waals surface area contributed by atoms with E-state index >= 15 is 0 Å². The summed E-state index contributed by atoms with van der Waals surface area (Å²) >= 11 is 0. The molecule has 0 amide bonds. The van der Waals surface area contributed by atoms with Gasteiger partial charge in [-0.1, -0.05) is 0 Å². The Morgan fingerprint density at radius 2 is 0.545 bits per heavy atom. The SMILES string of the molecule is CN(c1nc(N(C)C2CC(C)(C)N(O)C(C)(C)C2)nc(N(C2CC(C)(C)N(O)C(C)(C)C2)C2CC(C)(C)N(O)C(C)(C)C2)n1)C1CC(C)(C)N(O)C(C)(C)C1. The molecular formula is C41H78N10O4. The first kappa shape index (κ1) is 44.2. The van der Waals surface area contributed by atoms with Crippen LogP contribution in [0.5, 0.6) is 0 Å². The minimum atomic E-state index is -0.523. The van der Waals surface area contributed by atoms with Gasteiger partial charge in [0, 0.05) is 82.6 Å².